The van der Waals surface area contributed by atoms with Crippen LogP contribution in [0, 0.1) is 0 Å². The molecule has 23 heavy (non-hydrogen) atoms. The van der Waals surface area contributed by atoms with Crippen LogP contribution in [0.3, 0.4) is 0 Å². The molecule has 3 heterocycles. The summed E-state index contributed by atoms with van der Waals surface area (Å²) in [6, 6.07) is 0. The predicted molar refractivity (Wildman–Crippen MR) is 78.0 cm³/mol. The molecule has 1 fully saturated rings. The highest BCUT2D eigenvalue weighted by molar-refractivity contribution is 5.69. The second-order valence-electron chi connectivity index (χ2n) is 5.71. The van der Waals surface area contributed by atoms with E-state index in [1.165, 1.54) is 22.5 Å². The van der Waals surface area contributed by atoms with Gasteiger partial charge in [-0.1, -0.05) is 0 Å². The molecule has 126 valence electrons. The van der Waals surface area contributed by atoms with Crippen LogP contribution in [-0.4, -0.2) is 65.0 Å². The van der Waals surface area contributed by atoms with Crippen molar-refractivity contribution in [2.45, 2.75) is 31.0 Å². The number of aliphatic hydroxyl groups is 3. The highest BCUT2D eigenvalue weighted by Crippen LogP contribution is 2.17. The van der Waals surface area contributed by atoms with Crippen LogP contribution in [0.4, 0.5) is 0 Å². The minimum atomic E-state index is -1.36. The standard InChI is InChI=1S/C13H18N4O6/c1-15-5-14-11-8(15)12(21)16(2)13(22)17(11)3-7-10(20)9(19)6(18)4-23-7/h5-7,9-10,18-20H,3-4H2,1-2H3. The topological polar surface area (TPSA) is 132 Å². The molecule has 0 amide bonds. The smallest absolute Gasteiger partial charge is 0.332 e. The molecule has 3 N–H and O–H groups in total. The predicted octanol–water partition coefficient (Wildman–Crippen LogP) is -3.08. The largest absolute Gasteiger partial charge is 0.388 e. The molecule has 0 radical (unpaired) electrons. The van der Waals surface area contributed by atoms with Gasteiger partial charge in [0.15, 0.2) is 11.2 Å². The summed E-state index contributed by atoms with van der Waals surface area (Å²) in [5.41, 5.74) is -0.644. The molecule has 1 saturated heterocycles. The summed E-state index contributed by atoms with van der Waals surface area (Å²) >= 11 is 0. The van der Waals surface area contributed by atoms with Crippen LogP contribution in [0.15, 0.2) is 15.9 Å². The molecule has 0 aromatic carbocycles. The third-order valence-corrected chi connectivity index (χ3v) is 4.17. The Morgan fingerprint density at radius 1 is 1.26 bits per heavy atom. The fourth-order valence-electron chi connectivity index (χ4n) is 2.75. The van der Waals surface area contributed by atoms with E-state index in [0.29, 0.717) is 0 Å². The number of aromatic nitrogens is 4. The number of imidazole rings is 1. The number of ether oxygens (including phenoxy) is 1. The summed E-state index contributed by atoms with van der Waals surface area (Å²) in [5.74, 6) is 0. The molecule has 2 aromatic heterocycles. The van der Waals surface area contributed by atoms with Crippen LogP contribution in [0.1, 0.15) is 0 Å². The van der Waals surface area contributed by atoms with E-state index in [1.807, 2.05) is 0 Å². The first-order valence-corrected chi connectivity index (χ1v) is 7.09. The minimum absolute atomic E-state index is 0.106. The van der Waals surface area contributed by atoms with Crippen molar-refractivity contribution in [3.8, 4) is 0 Å². The second-order valence-corrected chi connectivity index (χ2v) is 5.71. The van der Waals surface area contributed by atoms with E-state index in [9.17, 15) is 24.9 Å². The van der Waals surface area contributed by atoms with Crippen LogP contribution >= 0.6 is 0 Å². The molecule has 3 rings (SSSR count). The molecule has 10 nitrogen and oxygen atoms in total. The normalized spacial score (nSPS) is 28.4. The molecule has 1 aliphatic rings. The van der Waals surface area contributed by atoms with Gasteiger partial charge in [0.2, 0.25) is 0 Å². The van der Waals surface area contributed by atoms with Crippen molar-refractivity contribution in [1.82, 2.24) is 18.7 Å². The third-order valence-electron chi connectivity index (χ3n) is 4.17. The van der Waals surface area contributed by atoms with Crippen molar-refractivity contribution >= 4 is 11.2 Å². The molecule has 0 bridgehead atoms. The van der Waals surface area contributed by atoms with Gasteiger partial charge in [0.25, 0.3) is 5.56 Å². The zero-order valence-electron chi connectivity index (χ0n) is 12.7. The Bertz CT molecular complexity index is 852. The highest BCUT2D eigenvalue weighted by atomic mass is 16.5. The zero-order chi connectivity index (χ0) is 16.9. The lowest BCUT2D eigenvalue weighted by Crippen LogP contribution is -2.55. The van der Waals surface area contributed by atoms with Gasteiger partial charge in [-0.2, -0.15) is 0 Å². The lowest BCUT2D eigenvalue weighted by atomic mass is 10.00. The molecule has 2 aromatic rings. The Balaban J connectivity index is 2.07. The molecule has 0 saturated carbocycles. The quantitative estimate of drug-likeness (QED) is 0.533. The summed E-state index contributed by atoms with van der Waals surface area (Å²) in [5, 5.41) is 29.2. The van der Waals surface area contributed by atoms with Gasteiger partial charge in [-0.3, -0.25) is 13.9 Å². The monoisotopic (exact) mass is 326 g/mol. The van der Waals surface area contributed by atoms with Crippen molar-refractivity contribution < 1.29 is 20.1 Å². The Kier molecular flexibility index (Phi) is 3.84. The maximum absolute atomic E-state index is 12.4. The molecule has 0 spiro atoms. The highest BCUT2D eigenvalue weighted by Gasteiger charge is 2.38. The van der Waals surface area contributed by atoms with E-state index < -0.39 is 35.7 Å². The molecule has 4 atom stereocenters. The van der Waals surface area contributed by atoms with Crippen molar-refractivity contribution in [3.05, 3.63) is 27.2 Å². The molecule has 4 unspecified atom stereocenters. The number of hydrogen-bond donors (Lipinski definition) is 3. The third kappa shape index (κ3) is 2.39. The van der Waals surface area contributed by atoms with Gasteiger partial charge in [0.05, 0.1) is 19.5 Å². The van der Waals surface area contributed by atoms with Crippen LogP contribution in [-0.2, 0) is 25.4 Å². The number of aryl methyl sites for hydroxylation is 1. The molecule has 0 aliphatic carbocycles. The maximum atomic E-state index is 12.4. The summed E-state index contributed by atoms with van der Waals surface area (Å²) < 4.78 is 8.99. The van der Waals surface area contributed by atoms with Crippen molar-refractivity contribution in [2.24, 2.45) is 14.1 Å². The van der Waals surface area contributed by atoms with Crippen molar-refractivity contribution in [1.29, 1.82) is 0 Å². The number of aliphatic hydroxyl groups excluding tert-OH is 3. The van der Waals surface area contributed by atoms with E-state index in [0.717, 1.165) is 4.57 Å². The molecule has 10 heteroatoms. The molecular weight excluding hydrogens is 308 g/mol. The van der Waals surface area contributed by atoms with Gasteiger partial charge in [-0.15, -0.1) is 0 Å². The Hall–Kier alpha value is -2.01. The lowest BCUT2D eigenvalue weighted by molar-refractivity contribution is -0.190. The van der Waals surface area contributed by atoms with Gasteiger partial charge in [-0.25, -0.2) is 9.78 Å². The number of rotatable bonds is 2. The average Bonchev–Trinajstić information content (AvgIpc) is 2.91. The van der Waals surface area contributed by atoms with Gasteiger partial charge in [-0.05, 0) is 0 Å². The first kappa shape index (κ1) is 15.9. The van der Waals surface area contributed by atoms with Crippen molar-refractivity contribution in [2.75, 3.05) is 6.61 Å². The van der Waals surface area contributed by atoms with Crippen LogP contribution < -0.4 is 11.2 Å². The average molecular weight is 326 g/mol. The van der Waals surface area contributed by atoms with Crippen LogP contribution in [0.2, 0.25) is 0 Å². The Morgan fingerprint density at radius 2 is 1.96 bits per heavy atom. The summed E-state index contributed by atoms with van der Waals surface area (Å²) in [4.78, 5) is 28.6. The number of hydrogen-bond acceptors (Lipinski definition) is 7. The first-order valence-electron chi connectivity index (χ1n) is 7.09. The number of fused-ring (bicyclic) bond motifs is 1. The fraction of sp³-hybridized carbons (Fsp3) is 0.615. The van der Waals surface area contributed by atoms with E-state index in [4.69, 9.17) is 4.74 Å². The fourth-order valence-corrected chi connectivity index (χ4v) is 2.75. The van der Waals surface area contributed by atoms with Gasteiger partial charge >= 0.3 is 5.69 Å². The minimum Gasteiger partial charge on any atom is -0.388 e. The Morgan fingerprint density at radius 3 is 2.65 bits per heavy atom. The van der Waals surface area contributed by atoms with Gasteiger partial charge < -0.3 is 24.6 Å². The van der Waals surface area contributed by atoms with E-state index >= 15 is 0 Å². The van der Waals surface area contributed by atoms with Crippen LogP contribution in [0.5, 0.6) is 0 Å². The Labute approximate surface area is 129 Å². The summed E-state index contributed by atoms with van der Waals surface area (Å²) in [6.45, 7) is -0.264. The van der Waals surface area contributed by atoms with E-state index in [-0.39, 0.29) is 24.3 Å². The zero-order valence-corrected chi connectivity index (χ0v) is 12.7. The first-order chi connectivity index (χ1) is 10.8. The van der Waals surface area contributed by atoms with E-state index in [1.54, 1.807) is 7.05 Å². The van der Waals surface area contributed by atoms with Crippen molar-refractivity contribution in [3.63, 3.8) is 0 Å². The van der Waals surface area contributed by atoms with Gasteiger partial charge in [0.1, 0.15) is 24.4 Å². The second kappa shape index (κ2) is 5.57. The molecule has 1 aliphatic heterocycles. The summed E-state index contributed by atoms with van der Waals surface area (Å²) in [7, 11) is 2.99. The van der Waals surface area contributed by atoms with Gasteiger partial charge in [0, 0.05) is 14.1 Å². The summed E-state index contributed by atoms with van der Waals surface area (Å²) in [6.07, 6.45) is -3.40. The number of nitrogens with zero attached hydrogens (tertiary/aromatic N) is 4. The maximum Gasteiger partial charge on any atom is 0.332 e. The molecular formula is C13H18N4O6. The van der Waals surface area contributed by atoms with Crippen LogP contribution in [0.25, 0.3) is 11.2 Å². The SMILES string of the molecule is Cn1c(=O)c2c(ncn2C)n(CC2OCC(O)C(O)C2O)c1=O. The van der Waals surface area contributed by atoms with E-state index in [2.05, 4.69) is 4.98 Å². The lowest BCUT2D eigenvalue weighted by Gasteiger charge is -2.35.